The molecular formula is C19H17Cl3N2O. The van der Waals surface area contributed by atoms with Crippen molar-refractivity contribution in [1.82, 2.24) is 9.88 Å². The molecule has 0 aliphatic heterocycles. The third-order valence-electron chi connectivity index (χ3n) is 3.90. The summed E-state index contributed by atoms with van der Waals surface area (Å²) in [6, 6.07) is 12.7. The molecule has 1 N–H and O–H groups in total. The van der Waals surface area contributed by atoms with E-state index in [9.17, 15) is 5.11 Å². The van der Waals surface area contributed by atoms with Crippen molar-refractivity contribution in [2.45, 2.75) is 6.10 Å². The molecule has 2 aromatic carbocycles. The topological polar surface area (TPSA) is 36.4 Å². The van der Waals surface area contributed by atoms with Gasteiger partial charge in [0.15, 0.2) is 0 Å². The van der Waals surface area contributed by atoms with Gasteiger partial charge in [0.1, 0.15) is 0 Å². The molecule has 0 spiro atoms. The number of hydrogen-bond donors (Lipinski definition) is 1. The summed E-state index contributed by atoms with van der Waals surface area (Å²) in [4.78, 5) is 6.60. The number of aliphatic hydroxyl groups excluding tert-OH is 1. The number of benzene rings is 2. The Balaban J connectivity index is 2.24. The largest absolute Gasteiger partial charge is 0.387 e. The Kier molecular flexibility index (Phi) is 5.52. The SMILES string of the molecule is CN(C)C[C@H](O)c1cc(-c2ccc(Cl)cc2)nc2c(Cl)cc(Cl)cc12. The van der Waals surface area contributed by atoms with Crippen LogP contribution < -0.4 is 0 Å². The lowest BCUT2D eigenvalue weighted by atomic mass is 10.00. The molecule has 0 aliphatic carbocycles. The molecule has 3 rings (SSSR count). The van der Waals surface area contributed by atoms with Gasteiger partial charge in [-0.1, -0.05) is 46.9 Å². The van der Waals surface area contributed by atoms with E-state index in [0.29, 0.717) is 27.1 Å². The Morgan fingerprint density at radius 3 is 2.32 bits per heavy atom. The molecule has 0 fully saturated rings. The fraction of sp³-hybridized carbons (Fsp3) is 0.211. The number of fused-ring (bicyclic) bond motifs is 1. The van der Waals surface area contributed by atoms with Gasteiger partial charge < -0.3 is 10.0 Å². The van der Waals surface area contributed by atoms with Gasteiger partial charge in [-0.05, 0) is 50.0 Å². The number of halogens is 3. The minimum absolute atomic E-state index is 0.455. The summed E-state index contributed by atoms with van der Waals surface area (Å²) in [6.45, 7) is 0.475. The smallest absolute Gasteiger partial charge is 0.0924 e. The van der Waals surface area contributed by atoms with Crippen LogP contribution in [0.2, 0.25) is 15.1 Å². The van der Waals surface area contributed by atoms with Crippen LogP contribution in [0.5, 0.6) is 0 Å². The van der Waals surface area contributed by atoms with E-state index in [1.165, 1.54) is 0 Å². The van der Waals surface area contributed by atoms with E-state index in [0.717, 1.165) is 22.2 Å². The molecule has 0 saturated heterocycles. The molecule has 0 amide bonds. The fourth-order valence-electron chi connectivity index (χ4n) is 2.77. The van der Waals surface area contributed by atoms with E-state index in [-0.39, 0.29) is 0 Å². The van der Waals surface area contributed by atoms with Crippen molar-refractivity contribution in [1.29, 1.82) is 0 Å². The average molecular weight is 396 g/mol. The summed E-state index contributed by atoms with van der Waals surface area (Å²) in [5.41, 5.74) is 2.98. The van der Waals surface area contributed by atoms with Crippen LogP contribution in [0.15, 0.2) is 42.5 Å². The molecule has 1 aromatic heterocycles. The Morgan fingerprint density at radius 1 is 1.00 bits per heavy atom. The van der Waals surface area contributed by atoms with Crippen LogP contribution in [-0.4, -0.2) is 35.6 Å². The van der Waals surface area contributed by atoms with Crippen LogP contribution in [0.1, 0.15) is 11.7 Å². The third-order valence-corrected chi connectivity index (χ3v) is 4.66. The highest BCUT2D eigenvalue weighted by Gasteiger charge is 2.17. The predicted octanol–water partition coefficient (Wildman–Crippen LogP) is 5.46. The molecule has 1 atom stereocenters. The Labute approximate surface area is 161 Å². The van der Waals surface area contributed by atoms with E-state index in [1.54, 1.807) is 12.1 Å². The van der Waals surface area contributed by atoms with Gasteiger partial charge in [-0.15, -0.1) is 0 Å². The lowest BCUT2D eigenvalue weighted by Crippen LogP contribution is -2.20. The van der Waals surface area contributed by atoms with Gasteiger partial charge in [-0.25, -0.2) is 4.98 Å². The van der Waals surface area contributed by atoms with E-state index < -0.39 is 6.10 Å². The number of rotatable bonds is 4. The van der Waals surface area contributed by atoms with Crippen LogP contribution in [0.25, 0.3) is 22.2 Å². The van der Waals surface area contributed by atoms with Gasteiger partial charge in [0.2, 0.25) is 0 Å². The summed E-state index contributed by atoms with van der Waals surface area (Å²) >= 11 is 18.5. The van der Waals surface area contributed by atoms with E-state index >= 15 is 0 Å². The molecule has 0 saturated carbocycles. The normalized spacial score (nSPS) is 12.8. The van der Waals surface area contributed by atoms with Crippen molar-refractivity contribution in [2.24, 2.45) is 0 Å². The van der Waals surface area contributed by atoms with E-state index in [4.69, 9.17) is 34.8 Å². The number of hydrogen-bond acceptors (Lipinski definition) is 3. The highest BCUT2D eigenvalue weighted by atomic mass is 35.5. The van der Waals surface area contributed by atoms with Gasteiger partial charge in [0.25, 0.3) is 0 Å². The second-order valence-electron chi connectivity index (χ2n) is 6.17. The molecule has 1 heterocycles. The molecule has 0 unspecified atom stereocenters. The summed E-state index contributed by atoms with van der Waals surface area (Å²) in [6.07, 6.45) is -0.693. The van der Waals surface area contributed by atoms with Crippen LogP contribution in [0.4, 0.5) is 0 Å². The van der Waals surface area contributed by atoms with Gasteiger partial charge in [-0.3, -0.25) is 0 Å². The molecular weight excluding hydrogens is 379 g/mol. The number of pyridine rings is 1. The van der Waals surface area contributed by atoms with Gasteiger partial charge in [0, 0.05) is 27.5 Å². The zero-order chi connectivity index (χ0) is 18.1. The van der Waals surface area contributed by atoms with Crippen LogP contribution in [0.3, 0.4) is 0 Å². The second-order valence-corrected chi connectivity index (χ2v) is 7.45. The maximum absolute atomic E-state index is 10.7. The first-order valence-corrected chi connectivity index (χ1v) is 8.87. The average Bonchev–Trinajstić information content (AvgIpc) is 2.54. The predicted molar refractivity (Wildman–Crippen MR) is 106 cm³/mol. The quantitative estimate of drug-likeness (QED) is 0.637. The summed E-state index contributed by atoms with van der Waals surface area (Å²) in [5, 5.41) is 13.1. The van der Waals surface area contributed by atoms with Crippen LogP contribution in [0, 0.1) is 0 Å². The van der Waals surface area contributed by atoms with Gasteiger partial charge in [0.05, 0.1) is 22.3 Å². The molecule has 0 bridgehead atoms. The van der Waals surface area contributed by atoms with Crippen LogP contribution >= 0.6 is 34.8 Å². The first-order chi connectivity index (χ1) is 11.8. The molecule has 0 radical (unpaired) electrons. The van der Waals surface area contributed by atoms with Crippen molar-refractivity contribution in [3.63, 3.8) is 0 Å². The third kappa shape index (κ3) is 4.08. The molecule has 130 valence electrons. The molecule has 25 heavy (non-hydrogen) atoms. The molecule has 6 heteroatoms. The van der Waals surface area contributed by atoms with Crippen molar-refractivity contribution >= 4 is 45.7 Å². The summed E-state index contributed by atoms with van der Waals surface area (Å²) < 4.78 is 0. The fourth-order valence-corrected chi connectivity index (χ4v) is 3.43. The lowest BCUT2D eigenvalue weighted by Gasteiger charge is -2.19. The number of aromatic nitrogens is 1. The van der Waals surface area contributed by atoms with E-state index in [2.05, 4.69) is 4.98 Å². The first kappa shape index (κ1) is 18.4. The highest BCUT2D eigenvalue weighted by Crippen LogP contribution is 2.34. The van der Waals surface area contributed by atoms with E-state index in [1.807, 2.05) is 49.3 Å². The summed E-state index contributed by atoms with van der Waals surface area (Å²) in [7, 11) is 3.82. The highest BCUT2D eigenvalue weighted by molar-refractivity contribution is 6.38. The minimum atomic E-state index is -0.693. The standard InChI is InChI=1S/C19H17Cl3N2O/c1-24(2)10-18(25)14-9-17(11-3-5-12(20)6-4-11)23-19-15(14)7-13(21)8-16(19)22/h3-9,18,25H,10H2,1-2H3/t18-/m0/s1. The molecule has 3 aromatic rings. The van der Waals surface area contributed by atoms with Crippen LogP contribution in [-0.2, 0) is 0 Å². The van der Waals surface area contributed by atoms with Gasteiger partial charge >= 0.3 is 0 Å². The maximum atomic E-state index is 10.7. The Bertz CT molecular complexity index is 911. The zero-order valence-corrected chi connectivity index (χ0v) is 16.1. The number of aliphatic hydroxyl groups is 1. The number of likely N-dealkylation sites (N-methyl/N-ethyl adjacent to an activating group) is 1. The van der Waals surface area contributed by atoms with Crippen molar-refractivity contribution in [3.05, 3.63) is 63.1 Å². The monoisotopic (exact) mass is 394 g/mol. The summed E-state index contributed by atoms with van der Waals surface area (Å²) in [5.74, 6) is 0. The minimum Gasteiger partial charge on any atom is -0.387 e. The molecule has 0 aliphatic rings. The zero-order valence-electron chi connectivity index (χ0n) is 13.8. The van der Waals surface area contributed by atoms with Crippen molar-refractivity contribution in [3.8, 4) is 11.3 Å². The van der Waals surface area contributed by atoms with Crippen molar-refractivity contribution in [2.75, 3.05) is 20.6 Å². The van der Waals surface area contributed by atoms with Crippen molar-refractivity contribution < 1.29 is 5.11 Å². The lowest BCUT2D eigenvalue weighted by molar-refractivity contribution is 0.139. The van der Waals surface area contributed by atoms with Gasteiger partial charge in [-0.2, -0.15) is 0 Å². The Morgan fingerprint density at radius 2 is 1.68 bits per heavy atom. The number of nitrogens with zero attached hydrogens (tertiary/aromatic N) is 2. The maximum Gasteiger partial charge on any atom is 0.0924 e. The molecule has 3 nitrogen and oxygen atoms in total. The first-order valence-electron chi connectivity index (χ1n) is 7.73. The Hall–Kier alpha value is -1.36. The second kappa shape index (κ2) is 7.48.